The van der Waals surface area contributed by atoms with Crippen LogP contribution in [0.25, 0.3) is 11.4 Å². The van der Waals surface area contributed by atoms with Crippen molar-refractivity contribution in [2.75, 3.05) is 11.1 Å². The monoisotopic (exact) mass is 394 g/mol. The maximum absolute atomic E-state index is 12.5. The third kappa shape index (κ3) is 4.48. The molecule has 1 heterocycles. The number of thioether (sulfide) groups is 1. The van der Waals surface area contributed by atoms with Crippen LogP contribution in [0.2, 0.25) is 0 Å². The molecule has 0 saturated heterocycles. The molecule has 6 nitrogen and oxygen atoms in total. The van der Waals surface area contributed by atoms with Crippen LogP contribution in [-0.4, -0.2) is 32.2 Å². The van der Waals surface area contributed by atoms with E-state index in [4.69, 9.17) is 0 Å². The van der Waals surface area contributed by atoms with Crippen molar-refractivity contribution >= 4 is 29.1 Å². The molecule has 3 aromatic rings. The number of Topliss-reactive ketones (excluding diaryl/α,β-unsaturated/α-hetero) is 1. The highest BCUT2D eigenvalue weighted by Gasteiger charge is 2.16. The van der Waals surface area contributed by atoms with Gasteiger partial charge in [0.25, 0.3) is 0 Å². The maximum atomic E-state index is 12.5. The second-order valence-corrected chi connectivity index (χ2v) is 7.28. The van der Waals surface area contributed by atoms with Crippen LogP contribution in [0.4, 0.5) is 5.69 Å². The van der Waals surface area contributed by atoms with Crippen LogP contribution in [0, 0.1) is 6.92 Å². The highest BCUT2D eigenvalue weighted by atomic mass is 32.2. The minimum Gasteiger partial charge on any atom is -0.326 e. The van der Waals surface area contributed by atoms with Crippen molar-refractivity contribution in [3.63, 3.8) is 0 Å². The van der Waals surface area contributed by atoms with E-state index >= 15 is 0 Å². The number of carbonyl (C=O) groups excluding carboxylic acids is 2. The van der Waals surface area contributed by atoms with Crippen LogP contribution in [0.3, 0.4) is 0 Å². The number of benzene rings is 2. The van der Waals surface area contributed by atoms with Crippen molar-refractivity contribution in [3.8, 4) is 11.4 Å². The predicted molar refractivity (Wildman–Crippen MR) is 112 cm³/mol. The van der Waals surface area contributed by atoms with E-state index in [1.807, 2.05) is 42.7 Å². The predicted octanol–water partition coefficient (Wildman–Crippen LogP) is 4.21. The molecule has 0 fully saturated rings. The van der Waals surface area contributed by atoms with Crippen molar-refractivity contribution in [2.45, 2.75) is 32.5 Å². The van der Waals surface area contributed by atoms with Crippen LogP contribution in [0.1, 0.15) is 29.8 Å². The lowest BCUT2D eigenvalue weighted by molar-refractivity contribution is -0.114. The summed E-state index contributed by atoms with van der Waals surface area (Å²) in [7, 11) is 0. The number of ketones is 1. The molecule has 28 heavy (non-hydrogen) atoms. The Balaban J connectivity index is 1.72. The van der Waals surface area contributed by atoms with Gasteiger partial charge in [0.15, 0.2) is 16.8 Å². The van der Waals surface area contributed by atoms with Crippen LogP contribution in [0.15, 0.2) is 53.7 Å². The summed E-state index contributed by atoms with van der Waals surface area (Å²) in [6, 6.07) is 14.9. The summed E-state index contributed by atoms with van der Waals surface area (Å²) in [6.07, 6.45) is 0. The fourth-order valence-corrected chi connectivity index (χ4v) is 3.76. The molecule has 7 heteroatoms. The van der Waals surface area contributed by atoms with Gasteiger partial charge in [-0.2, -0.15) is 0 Å². The van der Waals surface area contributed by atoms with E-state index in [2.05, 4.69) is 15.5 Å². The van der Waals surface area contributed by atoms with Crippen molar-refractivity contribution in [3.05, 3.63) is 59.7 Å². The van der Waals surface area contributed by atoms with Crippen molar-refractivity contribution in [1.82, 2.24) is 14.8 Å². The summed E-state index contributed by atoms with van der Waals surface area (Å²) in [5.74, 6) is 0.946. The Labute approximate surface area is 168 Å². The Morgan fingerprint density at radius 2 is 1.79 bits per heavy atom. The normalized spacial score (nSPS) is 10.7. The molecule has 1 N–H and O–H groups in total. The number of carbonyl (C=O) groups is 2. The van der Waals surface area contributed by atoms with Gasteiger partial charge < -0.3 is 9.88 Å². The van der Waals surface area contributed by atoms with Crippen LogP contribution >= 0.6 is 11.8 Å². The third-order valence-electron chi connectivity index (χ3n) is 4.28. The molecule has 0 bridgehead atoms. The number of hydrogen-bond acceptors (Lipinski definition) is 5. The van der Waals surface area contributed by atoms with E-state index in [0.29, 0.717) is 11.3 Å². The Hall–Kier alpha value is -2.93. The Morgan fingerprint density at radius 1 is 1.07 bits per heavy atom. The van der Waals surface area contributed by atoms with E-state index in [1.54, 1.807) is 24.3 Å². The highest BCUT2D eigenvalue weighted by molar-refractivity contribution is 7.99. The van der Waals surface area contributed by atoms with Crippen LogP contribution in [-0.2, 0) is 11.3 Å². The first-order chi connectivity index (χ1) is 13.5. The smallest absolute Gasteiger partial charge is 0.221 e. The molecule has 2 aromatic carbocycles. The van der Waals surface area contributed by atoms with Gasteiger partial charge in [-0.05, 0) is 43.7 Å². The van der Waals surface area contributed by atoms with Gasteiger partial charge in [0.05, 0.1) is 5.75 Å². The summed E-state index contributed by atoms with van der Waals surface area (Å²) in [5.41, 5.74) is 3.45. The number of aromatic nitrogens is 3. The number of nitrogens with one attached hydrogen (secondary N) is 1. The molecule has 0 radical (unpaired) electrons. The summed E-state index contributed by atoms with van der Waals surface area (Å²) in [4.78, 5) is 23.6. The van der Waals surface area contributed by atoms with Gasteiger partial charge in [-0.25, -0.2) is 0 Å². The van der Waals surface area contributed by atoms with E-state index in [9.17, 15) is 9.59 Å². The molecule has 0 aliphatic heterocycles. The molecule has 3 rings (SSSR count). The first-order valence-corrected chi connectivity index (χ1v) is 10.0. The first-order valence-electron chi connectivity index (χ1n) is 9.02. The van der Waals surface area contributed by atoms with E-state index in [-0.39, 0.29) is 17.4 Å². The molecular weight excluding hydrogens is 372 g/mol. The van der Waals surface area contributed by atoms with Crippen molar-refractivity contribution in [1.29, 1.82) is 0 Å². The lowest BCUT2D eigenvalue weighted by Crippen LogP contribution is -2.07. The molecule has 0 unspecified atom stereocenters. The van der Waals surface area contributed by atoms with E-state index in [1.165, 1.54) is 18.7 Å². The summed E-state index contributed by atoms with van der Waals surface area (Å²) in [6.45, 7) is 6.26. The molecule has 1 aromatic heterocycles. The number of rotatable bonds is 7. The second kappa shape index (κ2) is 8.84. The average molecular weight is 395 g/mol. The molecule has 0 saturated carbocycles. The van der Waals surface area contributed by atoms with E-state index < -0.39 is 0 Å². The standard InChI is InChI=1S/C21H22N4O2S/c1-4-25-20(18-8-6-5-7-14(18)2)23-24-21(25)28-13-19(27)16-9-11-17(12-10-16)22-15(3)26/h5-12H,4,13H2,1-3H3,(H,22,26). The Morgan fingerprint density at radius 3 is 2.43 bits per heavy atom. The second-order valence-electron chi connectivity index (χ2n) is 6.34. The number of hydrogen-bond donors (Lipinski definition) is 1. The zero-order chi connectivity index (χ0) is 20.1. The zero-order valence-corrected chi connectivity index (χ0v) is 16.9. The number of nitrogens with zero attached hydrogens (tertiary/aromatic N) is 3. The third-order valence-corrected chi connectivity index (χ3v) is 5.25. The van der Waals surface area contributed by atoms with Crippen LogP contribution in [0.5, 0.6) is 0 Å². The minimum absolute atomic E-state index is 0.00229. The van der Waals surface area contributed by atoms with Gasteiger partial charge in [-0.15, -0.1) is 10.2 Å². The summed E-state index contributed by atoms with van der Waals surface area (Å²) < 4.78 is 2.03. The first kappa shape index (κ1) is 19.8. The quantitative estimate of drug-likeness (QED) is 0.480. The molecule has 0 aliphatic rings. The zero-order valence-electron chi connectivity index (χ0n) is 16.1. The van der Waals surface area contributed by atoms with Crippen LogP contribution < -0.4 is 5.32 Å². The highest BCUT2D eigenvalue weighted by Crippen LogP contribution is 2.26. The van der Waals surface area contributed by atoms with Gasteiger partial charge in [-0.1, -0.05) is 36.0 Å². The number of amides is 1. The molecule has 144 valence electrons. The Bertz CT molecular complexity index is 996. The molecule has 0 spiro atoms. The van der Waals surface area contributed by atoms with Gasteiger partial charge >= 0.3 is 0 Å². The van der Waals surface area contributed by atoms with Gasteiger partial charge in [-0.3, -0.25) is 9.59 Å². The van der Waals surface area contributed by atoms with Gasteiger partial charge in [0.2, 0.25) is 5.91 Å². The van der Waals surface area contributed by atoms with Gasteiger partial charge in [0.1, 0.15) is 0 Å². The topological polar surface area (TPSA) is 76.9 Å². The molecule has 0 aliphatic carbocycles. The number of aryl methyl sites for hydroxylation is 1. The minimum atomic E-state index is -0.141. The summed E-state index contributed by atoms with van der Waals surface area (Å²) >= 11 is 1.38. The lowest BCUT2D eigenvalue weighted by Gasteiger charge is -2.09. The van der Waals surface area contributed by atoms with Crippen molar-refractivity contribution in [2.24, 2.45) is 0 Å². The van der Waals surface area contributed by atoms with E-state index in [0.717, 1.165) is 28.7 Å². The fraction of sp³-hybridized carbons (Fsp3) is 0.238. The fourth-order valence-electron chi connectivity index (χ4n) is 2.86. The lowest BCUT2D eigenvalue weighted by atomic mass is 10.1. The summed E-state index contributed by atoms with van der Waals surface area (Å²) in [5, 5.41) is 12.1. The van der Waals surface area contributed by atoms with Gasteiger partial charge in [0, 0.05) is 30.3 Å². The van der Waals surface area contributed by atoms with Crippen molar-refractivity contribution < 1.29 is 9.59 Å². The number of anilines is 1. The molecule has 0 atom stereocenters. The SMILES string of the molecule is CCn1c(SCC(=O)c2ccc(NC(C)=O)cc2)nnc1-c1ccccc1C. The maximum Gasteiger partial charge on any atom is 0.221 e. The molecule has 1 amide bonds. The Kier molecular flexibility index (Phi) is 6.26. The molecular formula is C21H22N4O2S. The largest absolute Gasteiger partial charge is 0.326 e. The average Bonchev–Trinajstić information content (AvgIpc) is 3.09.